The highest BCUT2D eigenvalue weighted by Crippen LogP contribution is 2.25. The molecule has 1 aromatic heterocycles. The van der Waals surface area contributed by atoms with Crippen LogP contribution in [0.4, 0.5) is 4.79 Å². The van der Waals surface area contributed by atoms with Gasteiger partial charge in [0.15, 0.2) is 0 Å². The zero-order valence-electron chi connectivity index (χ0n) is 14.6. The predicted octanol–water partition coefficient (Wildman–Crippen LogP) is 2.19. The first-order valence-corrected chi connectivity index (χ1v) is 11.3. The van der Waals surface area contributed by atoms with Crippen LogP contribution in [0.2, 0.25) is 0 Å². The minimum atomic E-state index is -3.21. The second-order valence-electron chi connectivity index (χ2n) is 6.62. The number of amides is 2. The van der Waals surface area contributed by atoms with Crippen molar-refractivity contribution < 1.29 is 13.2 Å². The van der Waals surface area contributed by atoms with Gasteiger partial charge in [-0.25, -0.2) is 22.5 Å². The third-order valence-electron chi connectivity index (χ3n) is 5.03. The molecule has 2 amide bonds. The number of nitrogens with one attached hydrogen (secondary N) is 1. The minimum Gasteiger partial charge on any atom is -0.329 e. The van der Waals surface area contributed by atoms with Crippen molar-refractivity contribution in [1.82, 2.24) is 19.5 Å². The Morgan fingerprint density at radius 2 is 2.00 bits per heavy atom. The van der Waals surface area contributed by atoms with Crippen LogP contribution < -0.4 is 5.32 Å². The zero-order valence-corrected chi connectivity index (χ0v) is 16.2. The second kappa shape index (κ2) is 8.01. The number of hydrogen-bond acceptors (Lipinski definition) is 5. The molecule has 1 unspecified atom stereocenters. The molecule has 3 rings (SSSR count). The lowest BCUT2D eigenvalue weighted by molar-refractivity contribution is 0.182. The largest absolute Gasteiger partial charge is 0.329 e. The van der Waals surface area contributed by atoms with Crippen LogP contribution in [0, 0.1) is 0 Å². The van der Waals surface area contributed by atoms with Crippen molar-refractivity contribution in [3.8, 4) is 0 Å². The van der Waals surface area contributed by atoms with Gasteiger partial charge in [0, 0.05) is 37.8 Å². The average Bonchev–Trinajstić information content (AvgIpc) is 3.33. The number of aromatic nitrogens is 1. The van der Waals surface area contributed by atoms with Crippen LogP contribution in [0.15, 0.2) is 11.6 Å². The van der Waals surface area contributed by atoms with E-state index in [0.29, 0.717) is 39.0 Å². The molecular formula is C16H26N4O3S2. The zero-order chi connectivity index (χ0) is 17.9. The molecule has 0 saturated carbocycles. The lowest BCUT2D eigenvalue weighted by Gasteiger charge is -2.34. The first-order chi connectivity index (χ1) is 12.0. The molecule has 0 spiro atoms. The third kappa shape index (κ3) is 4.15. The Bertz CT molecular complexity index is 664. The third-order valence-corrected chi connectivity index (χ3v) is 8.32. The van der Waals surface area contributed by atoms with Crippen LogP contribution in [0.3, 0.4) is 0 Å². The van der Waals surface area contributed by atoms with Crippen molar-refractivity contribution >= 4 is 27.4 Å². The summed E-state index contributed by atoms with van der Waals surface area (Å²) >= 11 is 1.53. The minimum absolute atomic E-state index is 0.0847. The second-order valence-corrected chi connectivity index (χ2v) is 9.76. The molecule has 2 aliphatic heterocycles. The van der Waals surface area contributed by atoms with Crippen LogP contribution >= 0.6 is 11.3 Å². The van der Waals surface area contributed by atoms with Gasteiger partial charge in [-0.2, -0.15) is 0 Å². The average molecular weight is 387 g/mol. The molecule has 1 atom stereocenters. The van der Waals surface area contributed by atoms with E-state index >= 15 is 0 Å². The molecular weight excluding hydrogens is 360 g/mol. The number of sulfonamides is 1. The predicted molar refractivity (Wildman–Crippen MR) is 98.0 cm³/mol. The Labute approximate surface area is 153 Å². The summed E-state index contributed by atoms with van der Waals surface area (Å²) < 4.78 is 26.9. The lowest BCUT2D eigenvalue weighted by Crippen LogP contribution is -2.49. The van der Waals surface area contributed by atoms with E-state index < -0.39 is 10.0 Å². The van der Waals surface area contributed by atoms with Crippen molar-refractivity contribution in [3.05, 3.63) is 16.6 Å². The monoisotopic (exact) mass is 386 g/mol. The smallest absolute Gasteiger partial charge is 0.317 e. The molecule has 7 nitrogen and oxygen atoms in total. The van der Waals surface area contributed by atoms with Crippen LogP contribution in [0.25, 0.3) is 0 Å². The van der Waals surface area contributed by atoms with Gasteiger partial charge in [-0.15, -0.1) is 11.3 Å². The Hall–Kier alpha value is -1.19. The first kappa shape index (κ1) is 18.6. The first-order valence-electron chi connectivity index (χ1n) is 8.96. The van der Waals surface area contributed by atoms with E-state index in [1.165, 1.54) is 11.3 Å². The molecule has 2 fully saturated rings. The topological polar surface area (TPSA) is 82.6 Å². The standard InChI is InChI=1S/C16H26N4O3S2/c1-2-14(15-17-7-12-24-15)18-16(21)19-10-5-13(6-11-19)25(22,23)20-8-3-4-9-20/h7,12-14H,2-6,8-11H2,1H3,(H,18,21). The fraction of sp³-hybridized carbons (Fsp3) is 0.750. The van der Waals surface area contributed by atoms with Crippen molar-refractivity contribution in [2.45, 2.75) is 50.3 Å². The van der Waals surface area contributed by atoms with Crippen LogP contribution in [0.5, 0.6) is 0 Å². The molecule has 0 aromatic carbocycles. The summed E-state index contributed by atoms with van der Waals surface area (Å²) in [5, 5.41) is 5.48. The molecule has 140 valence electrons. The highest BCUT2D eigenvalue weighted by Gasteiger charge is 2.36. The SMILES string of the molecule is CCC(NC(=O)N1CCC(S(=O)(=O)N2CCCC2)CC1)c1nccs1. The number of piperidine rings is 1. The Morgan fingerprint density at radius 3 is 2.56 bits per heavy atom. The van der Waals surface area contributed by atoms with Gasteiger partial charge in [-0.1, -0.05) is 6.92 Å². The van der Waals surface area contributed by atoms with Crippen molar-refractivity contribution in [1.29, 1.82) is 0 Å². The molecule has 0 bridgehead atoms. The molecule has 3 heterocycles. The highest BCUT2D eigenvalue weighted by atomic mass is 32.2. The quantitative estimate of drug-likeness (QED) is 0.841. The van der Waals surface area contributed by atoms with E-state index in [1.54, 1.807) is 15.4 Å². The maximum Gasteiger partial charge on any atom is 0.317 e. The van der Waals surface area contributed by atoms with Gasteiger partial charge in [0.2, 0.25) is 10.0 Å². The van der Waals surface area contributed by atoms with Crippen molar-refractivity contribution in [2.24, 2.45) is 0 Å². The van der Waals surface area contributed by atoms with E-state index in [0.717, 1.165) is 24.3 Å². The number of carbonyl (C=O) groups is 1. The summed E-state index contributed by atoms with van der Waals surface area (Å²) in [7, 11) is -3.21. The lowest BCUT2D eigenvalue weighted by atomic mass is 10.1. The summed E-state index contributed by atoms with van der Waals surface area (Å²) in [6, 6.07) is -0.211. The maximum atomic E-state index is 12.6. The van der Waals surface area contributed by atoms with Gasteiger partial charge in [-0.05, 0) is 32.1 Å². The Kier molecular flexibility index (Phi) is 5.96. The fourth-order valence-electron chi connectivity index (χ4n) is 3.50. The molecule has 1 N–H and O–H groups in total. The van der Waals surface area contributed by atoms with Gasteiger partial charge >= 0.3 is 6.03 Å². The molecule has 2 saturated heterocycles. The summed E-state index contributed by atoms with van der Waals surface area (Å²) in [4.78, 5) is 18.5. The molecule has 0 aliphatic carbocycles. The van der Waals surface area contributed by atoms with Gasteiger partial charge in [-0.3, -0.25) is 0 Å². The molecule has 25 heavy (non-hydrogen) atoms. The number of carbonyl (C=O) groups excluding carboxylic acids is 1. The van der Waals surface area contributed by atoms with Gasteiger partial charge < -0.3 is 10.2 Å². The highest BCUT2D eigenvalue weighted by molar-refractivity contribution is 7.89. The van der Waals surface area contributed by atoms with Crippen LogP contribution in [0.1, 0.15) is 50.1 Å². The summed E-state index contributed by atoms with van der Waals surface area (Å²) in [6.07, 6.45) is 5.45. The normalized spacial score (nSPS) is 21.4. The summed E-state index contributed by atoms with van der Waals surface area (Å²) in [6.45, 7) is 4.28. The number of hydrogen-bond donors (Lipinski definition) is 1. The Balaban J connectivity index is 1.54. The van der Waals surface area contributed by atoms with E-state index in [-0.39, 0.29) is 17.3 Å². The number of thiazole rings is 1. The van der Waals surface area contributed by atoms with Gasteiger partial charge in [0.1, 0.15) is 5.01 Å². The number of urea groups is 1. The molecule has 1 aromatic rings. The van der Waals surface area contributed by atoms with E-state index in [4.69, 9.17) is 0 Å². The van der Waals surface area contributed by atoms with E-state index in [1.807, 2.05) is 12.3 Å². The maximum absolute atomic E-state index is 12.6. The molecule has 9 heteroatoms. The van der Waals surface area contributed by atoms with Crippen molar-refractivity contribution in [2.75, 3.05) is 26.2 Å². The number of likely N-dealkylation sites (tertiary alicyclic amines) is 1. The summed E-state index contributed by atoms with van der Waals surface area (Å²) in [5.74, 6) is 0. The molecule has 0 radical (unpaired) electrons. The number of nitrogens with zero attached hydrogens (tertiary/aromatic N) is 3. The van der Waals surface area contributed by atoms with E-state index in [2.05, 4.69) is 10.3 Å². The molecule has 2 aliphatic rings. The van der Waals surface area contributed by atoms with E-state index in [9.17, 15) is 13.2 Å². The van der Waals surface area contributed by atoms with Gasteiger partial charge in [0.05, 0.1) is 11.3 Å². The Morgan fingerprint density at radius 1 is 1.32 bits per heavy atom. The van der Waals surface area contributed by atoms with Gasteiger partial charge in [0.25, 0.3) is 0 Å². The summed E-state index contributed by atoms with van der Waals surface area (Å²) in [5.41, 5.74) is 0. The van der Waals surface area contributed by atoms with Crippen LogP contribution in [-0.4, -0.2) is 60.1 Å². The fourth-order valence-corrected chi connectivity index (χ4v) is 6.26. The number of rotatable bonds is 5. The van der Waals surface area contributed by atoms with Crippen molar-refractivity contribution in [3.63, 3.8) is 0 Å². The van der Waals surface area contributed by atoms with Crippen LogP contribution in [-0.2, 0) is 10.0 Å².